The Morgan fingerprint density at radius 3 is 2.79 bits per heavy atom. The predicted molar refractivity (Wildman–Crippen MR) is 61.5 cm³/mol. The van der Waals surface area contributed by atoms with Gasteiger partial charge in [0, 0.05) is 24.3 Å². The van der Waals surface area contributed by atoms with Crippen LogP contribution >= 0.6 is 15.9 Å². The number of hydrogen-bond donors (Lipinski definition) is 1. The van der Waals surface area contributed by atoms with Gasteiger partial charge in [-0.2, -0.15) is 0 Å². The monoisotopic (exact) mass is 258 g/mol. The molecular weight excluding hydrogens is 244 g/mol. The lowest BCUT2D eigenvalue weighted by Crippen LogP contribution is -2.22. The summed E-state index contributed by atoms with van der Waals surface area (Å²) < 4.78 is 0.977. The molecule has 1 N–H and O–H groups in total. The third kappa shape index (κ3) is 3.64. The van der Waals surface area contributed by atoms with Gasteiger partial charge in [-0.25, -0.2) is 4.98 Å². The van der Waals surface area contributed by atoms with Gasteiger partial charge in [-0.05, 0) is 41.4 Å². The molecule has 1 rings (SSSR count). The van der Waals surface area contributed by atoms with Crippen LogP contribution in [0.1, 0.15) is 13.3 Å². The maximum Gasteiger partial charge on any atom is 0.128 e. The van der Waals surface area contributed by atoms with E-state index in [0.717, 1.165) is 23.3 Å². The van der Waals surface area contributed by atoms with Crippen molar-refractivity contribution in [3.63, 3.8) is 0 Å². The van der Waals surface area contributed by atoms with Crippen LogP contribution in [0.4, 0.5) is 5.82 Å². The van der Waals surface area contributed by atoms with E-state index in [4.69, 9.17) is 5.11 Å². The Bertz CT molecular complexity index is 274. The lowest BCUT2D eigenvalue weighted by Gasteiger charge is -2.18. The molecule has 1 heterocycles. The molecule has 0 aliphatic carbocycles. The van der Waals surface area contributed by atoms with Crippen molar-refractivity contribution in [1.29, 1.82) is 0 Å². The molecule has 0 amide bonds. The second kappa shape index (κ2) is 5.32. The molecule has 0 aliphatic heterocycles. The van der Waals surface area contributed by atoms with E-state index in [2.05, 4.69) is 20.9 Å². The number of halogens is 1. The highest BCUT2D eigenvalue weighted by Crippen LogP contribution is 2.13. The van der Waals surface area contributed by atoms with E-state index in [-0.39, 0.29) is 6.10 Å². The van der Waals surface area contributed by atoms with Gasteiger partial charge in [0.1, 0.15) is 5.82 Å². The minimum atomic E-state index is -0.257. The molecule has 0 saturated heterocycles. The SMILES string of the molecule is C[C@@H](O)CCN(C)c1ccc(Br)cn1. The molecule has 0 aromatic carbocycles. The Labute approximate surface area is 92.9 Å². The minimum Gasteiger partial charge on any atom is -0.393 e. The molecule has 0 saturated carbocycles. The van der Waals surface area contributed by atoms with E-state index in [1.165, 1.54) is 0 Å². The summed E-state index contributed by atoms with van der Waals surface area (Å²) in [6.45, 7) is 2.61. The summed E-state index contributed by atoms with van der Waals surface area (Å²) in [4.78, 5) is 6.28. The number of aliphatic hydroxyl groups excluding tert-OH is 1. The molecule has 1 atom stereocenters. The number of pyridine rings is 1. The summed E-state index contributed by atoms with van der Waals surface area (Å²) in [5.41, 5.74) is 0. The fraction of sp³-hybridized carbons (Fsp3) is 0.500. The molecule has 1 aromatic rings. The summed E-state index contributed by atoms with van der Waals surface area (Å²) in [5.74, 6) is 0.925. The van der Waals surface area contributed by atoms with E-state index >= 15 is 0 Å². The fourth-order valence-electron chi connectivity index (χ4n) is 1.09. The van der Waals surface area contributed by atoms with E-state index in [9.17, 15) is 0 Å². The van der Waals surface area contributed by atoms with Crippen LogP contribution in [0.2, 0.25) is 0 Å². The standard InChI is InChI=1S/C10H15BrN2O/c1-8(14)5-6-13(2)10-4-3-9(11)7-12-10/h3-4,7-8,14H,5-6H2,1-2H3/t8-/m1/s1. The molecule has 3 nitrogen and oxygen atoms in total. The molecule has 14 heavy (non-hydrogen) atoms. The number of aromatic nitrogens is 1. The summed E-state index contributed by atoms with van der Waals surface area (Å²) in [7, 11) is 1.97. The van der Waals surface area contributed by atoms with Crippen LogP contribution in [-0.2, 0) is 0 Å². The molecule has 0 aliphatic rings. The molecular formula is C10H15BrN2O. The number of nitrogens with zero attached hydrogens (tertiary/aromatic N) is 2. The van der Waals surface area contributed by atoms with E-state index < -0.39 is 0 Å². The van der Waals surface area contributed by atoms with E-state index in [1.807, 2.05) is 24.1 Å². The Hall–Kier alpha value is -0.610. The van der Waals surface area contributed by atoms with Gasteiger partial charge in [-0.15, -0.1) is 0 Å². The van der Waals surface area contributed by atoms with Gasteiger partial charge in [-0.3, -0.25) is 0 Å². The number of aliphatic hydroxyl groups is 1. The lowest BCUT2D eigenvalue weighted by atomic mass is 10.3. The minimum absolute atomic E-state index is 0.257. The van der Waals surface area contributed by atoms with Crippen molar-refractivity contribution in [3.8, 4) is 0 Å². The first-order valence-electron chi connectivity index (χ1n) is 4.60. The highest BCUT2D eigenvalue weighted by atomic mass is 79.9. The molecule has 1 aromatic heterocycles. The van der Waals surface area contributed by atoms with Crippen molar-refractivity contribution < 1.29 is 5.11 Å². The first-order valence-corrected chi connectivity index (χ1v) is 5.39. The Balaban J connectivity index is 2.52. The molecule has 0 bridgehead atoms. The highest BCUT2D eigenvalue weighted by molar-refractivity contribution is 9.10. The first-order chi connectivity index (χ1) is 6.59. The normalized spacial score (nSPS) is 12.6. The van der Waals surface area contributed by atoms with Crippen molar-refractivity contribution in [2.75, 3.05) is 18.5 Å². The van der Waals surface area contributed by atoms with E-state index in [1.54, 1.807) is 13.1 Å². The Kier molecular flexibility index (Phi) is 4.35. The number of hydrogen-bond acceptors (Lipinski definition) is 3. The van der Waals surface area contributed by atoms with Gasteiger partial charge < -0.3 is 10.0 Å². The second-order valence-electron chi connectivity index (χ2n) is 3.39. The van der Waals surface area contributed by atoms with Gasteiger partial charge in [-0.1, -0.05) is 0 Å². The number of rotatable bonds is 4. The topological polar surface area (TPSA) is 36.4 Å². The van der Waals surface area contributed by atoms with Gasteiger partial charge >= 0.3 is 0 Å². The third-order valence-electron chi connectivity index (χ3n) is 1.99. The molecule has 78 valence electrons. The van der Waals surface area contributed by atoms with Crippen molar-refractivity contribution in [2.24, 2.45) is 0 Å². The third-order valence-corrected chi connectivity index (χ3v) is 2.45. The van der Waals surface area contributed by atoms with Crippen molar-refractivity contribution in [2.45, 2.75) is 19.4 Å². The maximum absolute atomic E-state index is 9.14. The number of anilines is 1. The summed E-state index contributed by atoms with van der Waals surface area (Å²) in [6, 6.07) is 3.91. The van der Waals surface area contributed by atoms with Gasteiger partial charge in [0.2, 0.25) is 0 Å². The van der Waals surface area contributed by atoms with Crippen LogP contribution in [0.5, 0.6) is 0 Å². The van der Waals surface area contributed by atoms with Gasteiger partial charge in [0.05, 0.1) is 6.10 Å². The molecule has 0 spiro atoms. The first kappa shape index (κ1) is 11.5. The van der Waals surface area contributed by atoms with Gasteiger partial charge in [0.15, 0.2) is 0 Å². The van der Waals surface area contributed by atoms with Crippen molar-refractivity contribution in [1.82, 2.24) is 4.98 Å². The average molecular weight is 259 g/mol. The highest BCUT2D eigenvalue weighted by Gasteiger charge is 2.03. The van der Waals surface area contributed by atoms with Crippen LogP contribution in [0.25, 0.3) is 0 Å². The predicted octanol–water partition coefficient (Wildman–Crippen LogP) is 2.05. The maximum atomic E-state index is 9.14. The summed E-state index contributed by atoms with van der Waals surface area (Å²) in [6.07, 6.45) is 2.27. The molecule has 0 radical (unpaired) electrons. The van der Waals surface area contributed by atoms with Gasteiger partial charge in [0.25, 0.3) is 0 Å². The van der Waals surface area contributed by atoms with Crippen LogP contribution in [0, 0.1) is 0 Å². The summed E-state index contributed by atoms with van der Waals surface area (Å²) in [5, 5.41) is 9.14. The van der Waals surface area contributed by atoms with Crippen molar-refractivity contribution in [3.05, 3.63) is 22.8 Å². The lowest BCUT2D eigenvalue weighted by molar-refractivity contribution is 0.187. The molecule has 0 fully saturated rings. The Morgan fingerprint density at radius 1 is 1.57 bits per heavy atom. The summed E-state index contributed by atoms with van der Waals surface area (Å²) >= 11 is 3.34. The Morgan fingerprint density at radius 2 is 2.29 bits per heavy atom. The van der Waals surface area contributed by atoms with Crippen LogP contribution in [0.3, 0.4) is 0 Å². The second-order valence-corrected chi connectivity index (χ2v) is 4.31. The zero-order chi connectivity index (χ0) is 10.6. The van der Waals surface area contributed by atoms with Crippen LogP contribution in [-0.4, -0.2) is 29.8 Å². The average Bonchev–Trinajstić information content (AvgIpc) is 2.15. The smallest absolute Gasteiger partial charge is 0.128 e. The largest absolute Gasteiger partial charge is 0.393 e. The molecule has 0 unspecified atom stereocenters. The zero-order valence-corrected chi connectivity index (χ0v) is 10.0. The fourth-order valence-corrected chi connectivity index (χ4v) is 1.32. The van der Waals surface area contributed by atoms with Crippen LogP contribution < -0.4 is 4.90 Å². The quantitative estimate of drug-likeness (QED) is 0.899. The van der Waals surface area contributed by atoms with Crippen molar-refractivity contribution >= 4 is 21.7 Å². The molecule has 4 heteroatoms. The van der Waals surface area contributed by atoms with E-state index in [0.29, 0.717) is 0 Å². The zero-order valence-electron chi connectivity index (χ0n) is 8.44. The van der Waals surface area contributed by atoms with Crippen LogP contribution in [0.15, 0.2) is 22.8 Å².